The van der Waals surface area contributed by atoms with Crippen LogP contribution in [-0.4, -0.2) is 47.0 Å². The summed E-state index contributed by atoms with van der Waals surface area (Å²) in [4.78, 5) is 14.6. The third kappa shape index (κ3) is 3.68. The zero-order valence-electron chi connectivity index (χ0n) is 14.3. The number of nitrogens with zero attached hydrogens (tertiary/aromatic N) is 3. The second kappa shape index (κ2) is 6.91. The molecule has 2 heterocycles. The quantitative estimate of drug-likeness (QED) is 0.931. The molecule has 0 radical (unpaired) electrons. The van der Waals surface area contributed by atoms with Gasteiger partial charge in [-0.25, -0.2) is 4.79 Å². The van der Waals surface area contributed by atoms with Crippen molar-refractivity contribution in [2.45, 2.75) is 45.4 Å². The average molecular weight is 320 g/mol. The lowest BCUT2D eigenvalue weighted by atomic mass is 9.87. The first-order valence-electron chi connectivity index (χ1n) is 8.78. The lowest BCUT2D eigenvalue weighted by Crippen LogP contribution is -2.42. The van der Waals surface area contributed by atoms with Gasteiger partial charge in [-0.3, -0.25) is 10.00 Å². The Balaban J connectivity index is 1.67. The van der Waals surface area contributed by atoms with Crippen molar-refractivity contribution in [3.8, 4) is 0 Å². The summed E-state index contributed by atoms with van der Waals surface area (Å²) in [5.41, 5.74) is 1.20. The Hall–Kier alpha value is -1.56. The van der Waals surface area contributed by atoms with Crippen LogP contribution in [0.4, 0.5) is 10.6 Å². The Morgan fingerprint density at radius 1 is 1.43 bits per heavy atom. The van der Waals surface area contributed by atoms with Gasteiger partial charge in [0, 0.05) is 31.6 Å². The van der Waals surface area contributed by atoms with Crippen molar-refractivity contribution < 1.29 is 9.53 Å². The first-order valence-corrected chi connectivity index (χ1v) is 8.78. The Bertz CT molecular complexity index is 549. The van der Waals surface area contributed by atoms with E-state index in [9.17, 15) is 4.79 Å². The van der Waals surface area contributed by atoms with E-state index < -0.39 is 0 Å². The fraction of sp³-hybridized carbons (Fsp3) is 0.765. The molecule has 0 bridgehead atoms. The highest BCUT2D eigenvalue weighted by Crippen LogP contribution is 2.40. The van der Waals surface area contributed by atoms with Crippen molar-refractivity contribution in [1.29, 1.82) is 0 Å². The maximum atomic E-state index is 12.7. The highest BCUT2D eigenvalue weighted by atomic mass is 16.5. The summed E-state index contributed by atoms with van der Waals surface area (Å²) in [6.45, 7) is 5.02. The van der Waals surface area contributed by atoms with Crippen LogP contribution in [0, 0.1) is 5.41 Å². The van der Waals surface area contributed by atoms with Gasteiger partial charge in [-0.15, -0.1) is 0 Å². The number of amides is 2. The van der Waals surface area contributed by atoms with Gasteiger partial charge in [-0.2, -0.15) is 5.10 Å². The second-order valence-electron chi connectivity index (χ2n) is 7.01. The number of hydrogen-bond acceptors (Lipinski definition) is 3. The van der Waals surface area contributed by atoms with E-state index in [4.69, 9.17) is 4.74 Å². The van der Waals surface area contributed by atoms with Gasteiger partial charge >= 0.3 is 6.03 Å². The summed E-state index contributed by atoms with van der Waals surface area (Å²) in [6.07, 6.45) is 6.83. The van der Waals surface area contributed by atoms with Crippen LogP contribution in [0.2, 0.25) is 0 Å². The maximum Gasteiger partial charge on any atom is 0.323 e. The number of anilines is 1. The molecule has 1 aromatic heterocycles. The van der Waals surface area contributed by atoms with Gasteiger partial charge < -0.3 is 9.64 Å². The molecule has 1 aliphatic heterocycles. The smallest absolute Gasteiger partial charge is 0.323 e. The minimum absolute atomic E-state index is 0.0344. The average Bonchev–Trinajstić information content (AvgIpc) is 3.03. The monoisotopic (exact) mass is 320 g/mol. The van der Waals surface area contributed by atoms with Gasteiger partial charge in [-0.1, -0.05) is 26.2 Å². The maximum absolute atomic E-state index is 12.7. The summed E-state index contributed by atoms with van der Waals surface area (Å²) in [5, 5.41) is 7.47. The van der Waals surface area contributed by atoms with Gasteiger partial charge in [0.05, 0.1) is 18.9 Å². The lowest BCUT2D eigenvalue weighted by molar-refractivity contribution is 0.0718. The molecule has 0 unspecified atom stereocenters. The van der Waals surface area contributed by atoms with Crippen molar-refractivity contribution in [2.24, 2.45) is 12.5 Å². The number of aromatic nitrogens is 2. The lowest BCUT2D eigenvalue weighted by Gasteiger charge is -2.31. The second-order valence-corrected chi connectivity index (χ2v) is 7.01. The van der Waals surface area contributed by atoms with E-state index in [2.05, 4.69) is 17.3 Å². The Labute approximate surface area is 138 Å². The number of aryl methyl sites for hydroxylation is 2. The minimum Gasteiger partial charge on any atom is -0.379 e. The van der Waals surface area contributed by atoms with Crippen LogP contribution < -0.4 is 5.32 Å². The minimum atomic E-state index is -0.0344. The van der Waals surface area contributed by atoms with E-state index in [1.54, 1.807) is 4.68 Å². The molecule has 0 aromatic carbocycles. The normalized spacial score (nSPS) is 20.7. The number of carbonyl (C=O) groups is 1. The van der Waals surface area contributed by atoms with E-state index in [0.29, 0.717) is 13.2 Å². The van der Waals surface area contributed by atoms with Crippen LogP contribution in [0.5, 0.6) is 0 Å². The van der Waals surface area contributed by atoms with Crippen LogP contribution >= 0.6 is 0 Å². The molecule has 23 heavy (non-hydrogen) atoms. The Morgan fingerprint density at radius 3 is 2.96 bits per heavy atom. The number of urea groups is 1. The van der Waals surface area contributed by atoms with E-state index >= 15 is 0 Å². The van der Waals surface area contributed by atoms with Gasteiger partial charge in [0.25, 0.3) is 0 Å². The molecular weight excluding hydrogens is 292 g/mol. The van der Waals surface area contributed by atoms with Crippen LogP contribution in [0.15, 0.2) is 6.07 Å². The Kier molecular flexibility index (Phi) is 4.90. The summed E-state index contributed by atoms with van der Waals surface area (Å²) in [6, 6.07) is 1.94. The zero-order chi connectivity index (χ0) is 16.3. The molecule has 1 aromatic rings. The summed E-state index contributed by atoms with van der Waals surface area (Å²) < 4.78 is 7.54. The van der Waals surface area contributed by atoms with Crippen molar-refractivity contribution in [2.75, 3.05) is 31.6 Å². The van der Waals surface area contributed by atoms with Crippen molar-refractivity contribution in [3.63, 3.8) is 0 Å². The molecule has 2 amide bonds. The molecule has 6 heteroatoms. The van der Waals surface area contributed by atoms with Gasteiger partial charge in [0.1, 0.15) is 5.82 Å². The molecule has 128 valence electrons. The van der Waals surface area contributed by atoms with Crippen molar-refractivity contribution >= 4 is 11.8 Å². The molecule has 6 nitrogen and oxygen atoms in total. The molecule has 1 aliphatic carbocycles. The van der Waals surface area contributed by atoms with E-state index in [-0.39, 0.29) is 11.4 Å². The fourth-order valence-electron chi connectivity index (χ4n) is 3.80. The molecular formula is C17H28N4O2. The number of ether oxygens (including phenoxy) is 1. The topological polar surface area (TPSA) is 59.4 Å². The number of rotatable bonds is 3. The summed E-state index contributed by atoms with van der Waals surface area (Å²) in [7, 11) is 1.87. The summed E-state index contributed by atoms with van der Waals surface area (Å²) >= 11 is 0. The number of carbonyl (C=O) groups excluding carboxylic acids is 1. The molecule has 1 spiro atoms. The fourth-order valence-corrected chi connectivity index (χ4v) is 3.80. The van der Waals surface area contributed by atoms with Crippen LogP contribution in [0.25, 0.3) is 0 Å². The molecule has 1 N–H and O–H groups in total. The molecule has 0 atom stereocenters. The molecule has 1 saturated heterocycles. The predicted octanol–water partition coefficient (Wildman–Crippen LogP) is 2.80. The number of nitrogens with one attached hydrogen (secondary N) is 1. The third-order valence-corrected chi connectivity index (χ3v) is 5.06. The molecule has 2 fully saturated rings. The van der Waals surface area contributed by atoms with Crippen LogP contribution in [0.1, 0.15) is 44.7 Å². The predicted molar refractivity (Wildman–Crippen MR) is 89.5 cm³/mol. The highest BCUT2D eigenvalue weighted by Gasteiger charge is 2.38. The largest absolute Gasteiger partial charge is 0.379 e. The molecule has 3 rings (SSSR count). The zero-order valence-corrected chi connectivity index (χ0v) is 14.3. The molecule has 1 saturated carbocycles. The third-order valence-electron chi connectivity index (χ3n) is 5.06. The Morgan fingerprint density at radius 2 is 2.22 bits per heavy atom. The number of hydrogen-bond donors (Lipinski definition) is 1. The molecule has 2 aliphatic rings. The summed E-state index contributed by atoms with van der Waals surface area (Å²) in [5.74, 6) is 0.768. The highest BCUT2D eigenvalue weighted by molar-refractivity contribution is 5.88. The van der Waals surface area contributed by atoms with Crippen LogP contribution in [0.3, 0.4) is 0 Å². The van der Waals surface area contributed by atoms with E-state index in [1.807, 2.05) is 18.0 Å². The SMILES string of the molecule is CCCc1cc(NC(=O)N2CCOCC3(CCCC3)C2)n(C)n1. The van der Waals surface area contributed by atoms with Crippen LogP contribution in [-0.2, 0) is 18.2 Å². The van der Waals surface area contributed by atoms with Gasteiger partial charge in [0.15, 0.2) is 0 Å². The standard InChI is InChI=1S/C17H28N4O2/c1-3-6-14-11-15(20(2)19-14)18-16(22)21-9-10-23-13-17(12-21)7-4-5-8-17/h11H,3-10,12-13H2,1-2H3,(H,18,22). The van der Waals surface area contributed by atoms with Crippen molar-refractivity contribution in [3.05, 3.63) is 11.8 Å². The first-order chi connectivity index (χ1) is 11.1. The van der Waals surface area contributed by atoms with Gasteiger partial charge in [0.2, 0.25) is 0 Å². The van der Waals surface area contributed by atoms with Crippen molar-refractivity contribution in [1.82, 2.24) is 14.7 Å². The first kappa shape index (κ1) is 16.3. The van der Waals surface area contributed by atoms with E-state index in [1.165, 1.54) is 25.7 Å². The van der Waals surface area contributed by atoms with Gasteiger partial charge in [-0.05, 0) is 19.3 Å². The van der Waals surface area contributed by atoms with E-state index in [0.717, 1.165) is 37.5 Å².